The van der Waals surface area contributed by atoms with E-state index < -0.39 is 5.79 Å². The van der Waals surface area contributed by atoms with Gasteiger partial charge in [0.1, 0.15) is 12.2 Å². The summed E-state index contributed by atoms with van der Waals surface area (Å²) < 4.78 is 17.3. The maximum atomic E-state index is 5.92. The van der Waals surface area contributed by atoms with Crippen LogP contribution in [0.1, 0.15) is 20.3 Å². The predicted octanol–water partition coefficient (Wildman–Crippen LogP) is 1.12. The van der Waals surface area contributed by atoms with Crippen LogP contribution in [-0.2, 0) is 14.2 Å². The average Bonchev–Trinajstić information content (AvgIpc) is 2.53. The first-order valence-electron chi connectivity index (χ1n) is 5.93. The fraction of sp³-hybridized carbons (Fsp3) is 0.833. The van der Waals surface area contributed by atoms with E-state index in [0.29, 0.717) is 12.8 Å². The van der Waals surface area contributed by atoms with Crippen molar-refractivity contribution in [2.45, 2.75) is 44.3 Å². The third-order valence-electron chi connectivity index (χ3n) is 3.63. The normalized spacial score (nSPS) is 42.9. The Hall–Kier alpha value is -0.420. The first-order valence-corrected chi connectivity index (χ1v) is 5.93. The van der Waals surface area contributed by atoms with Gasteiger partial charge in [0.15, 0.2) is 5.79 Å². The Morgan fingerprint density at radius 2 is 2.19 bits per heavy atom. The van der Waals surface area contributed by atoms with Gasteiger partial charge >= 0.3 is 0 Å². The molecule has 3 aliphatic rings. The molecule has 0 radical (unpaired) electrons. The first-order chi connectivity index (χ1) is 7.57. The van der Waals surface area contributed by atoms with Crippen LogP contribution in [0.5, 0.6) is 0 Å². The van der Waals surface area contributed by atoms with Crippen molar-refractivity contribution in [3.63, 3.8) is 0 Å². The monoisotopic (exact) mass is 225 g/mol. The summed E-state index contributed by atoms with van der Waals surface area (Å²) in [5.41, 5.74) is 1.16. The lowest BCUT2D eigenvalue weighted by Crippen LogP contribution is -2.55. The minimum absolute atomic E-state index is 0.0642. The maximum Gasteiger partial charge on any atom is 0.164 e. The quantitative estimate of drug-likeness (QED) is 0.578. The highest BCUT2D eigenvalue weighted by Crippen LogP contribution is 2.39. The zero-order chi connectivity index (χ0) is 11.3. The van der Waals surface area contributed by atoms with E-state index in [1.54, 1.807) is 0 Å². The fourth-order valence-electron chi connectivity index (χ4n) is 2.95. The fourth-order valence-corrected chi connectivity index (χ4v) is 2.95. The molecule has 0 aliphatic carbocycles. The highest BCUT2D eigenvalue weighted by molar-refractivity contribution is 5.20. The van der Waals surface area contributed by atoms with Crippen LogP contribution in [0, 0.1) is 0 Å². The molecular weight excluding hydrogens is 206 g/mol. The topological polar surface area (TPSA) is 30.9 Å². The molecule has 3 rings (SSSR count). The van der Waals surface area contributed by atoms with E-state index in [-0.39, 0.29) is 12.2 Å². The van der Waals surface area contributed by atoms with Crippen molar-refractivity contribution in [2.75, 3.05) is 19.9 Å². The largest absolute Gasteiger partial charge is 0.366 e. The van der Waals surface area contributed by atoms with Gasteiger partial charge in [-0.3, -0.25) is 4.90 Å². The number of hydrogen-bond acceptors (Lipinski definition) is 4. The molecule has 4 heteroatoms. The SMILES string of the molecule is C=C1[C@H]2CCOCN2C[C@@H]2OC(C)(C)O[C@@H]12. The summed E-state index contributed by atoms with van der Waals surface area (Å²) in [7, 11) is 0. The van der Waals surface area contributed by atoms with Gasteiger partial charge in [-0.25, -0.2) is 0 Å². The minimum atomic E-state index is -0.478. The van der Waals surface area contributed by atoms with E-state index in [9.17, 15) is 0 Å². The Bertz CT molecular complexity index is 315. The van der Waals surface area contributed by atoms with Gasteiger partial charge in [-0.05, 0) is 25.8 Å². The van der Waals surface area contributed by atoms with Gasteiger partial charge in [-0.15, -0.1) is 0 Å². The van der Waals surface area contributed by atoms with Crippen LogP contribution < -0.4 is 0 Å². The molecule has 0 unspecified atom stereocenters. The number of nitrogens with zero attached hydrogens (tertiary/aromatic N) is 1. The molecule has 0 aromatic rings. The molecule has 3 heterocycles. The second-order valence-corrected chi connectivity index (χ2v) is 5.28. The summed E-state index contributed by atoms with van der Waals surface area (Å²) in [6, 6.07) is 0.410. The van der Waals surface area contributed by atoms with Crippen molar-refractivity contribution in [1.29, 1.82) is 0 Å². The molecule has 0 saturated carbocycles. The van der Waals surface area contributed by atoms with Crippen LogP contribution >= 0.6 is 0 Å². The molecule has 0 amide bonds. The molecule has 90 valence electrons. The van der Waals surface area contributed by atoms with Gasteiger partial charge < -0.3 is 14.2 Å². The number of piperidine rings is 1. The third-order valence-corrected chi connectivity index (χ3v) is 3.63. The van der Waals surface area contributed by atoms with Crippen LogP contribution in [-0.4, -0.2) is 48.8 Å². The van der Waals surface area contributed by atoms with Gasteiger partial charge in [0.05, 0.1) is 13.3 Å². The van der Waals surface area contributed by atoms with Crippen molar-refractivity contribution in [3.05, 3.63) is 12.2 Å². The Morgan fingerprint density at radius 3 is 3.00 bits per heavy atom. The zero-order valence-corrected chi connectivity index (χ0v) is 9.94. The predicted molar refractivity (Wildman–Crippen MR) is 58.9 cm³/mol. The van der Waals surface area contributed by atoms with Gasteiger partial charge in [-0.1, -0.05) is 6.58 Å². The summed E-state index contributed by atoms with van der Waals surface area (Å²) in [5.74, 6) is -0.478. The van der Waals surface area contributed by atoms with Crippen LogP contribution in [0.4, 0.5) is 0 Å². The van der Waals surface area contributed by atoms with Crippen LogP contribution in [0.2, 0.25) is 0 Å². The molecule has 3 aliphatic heterocycles. The summed E-state index contributed by atoms with van der Waals surface area (Å²) in [5, 5.41) is 0. The summed E-state index contributed by atoms with van der Waals surface area (Å²) in [6.45, 7) is 10.5. The van der Waals surface area contributed by atoms with E-state index in [2.05, 4.69) is 11.5 Å². The molecule has 4 nitrogen and oxygen atoms in total. The molecule has 0 spiro atoms. The number of rotatable bonds is 0. The summed E-state index contributed by atoms with van der Waals surface area (Å²) in [4.78, 5) is 2.30. The smallest absolute Gasteiger partial charge is 0.164 e. The lowest BCUT2D eigenvalue weighted by molar-refractivity contribution is -0.144. The maximum absolute atomic E-state index is 5.92. The lowest BCUT2D eigenvalue weighted by atomic mass is 9.90. The van der Waals surface area contributed by atoms with E-state index in [1.165, 1.54) is 0 Å². The van der Waals surface area contributed by atoms with Crippen molar-refractivity contribution < 1.29 is 14.2 Å². The number of hydrogen-bond donors (Lipinski definition) is 0. The number of ether oxygens (including phenoxy) is 3. The van der Waals surface area contributed by atoms with Crippen molar-refractivity contribution in [2.24, 2.45) is 0 Å². The van der Waals surface area contributed by atoms with Gasteiger partial charge in [-0.2, -0.15) is 0 Å². The molecule has 3 fully saturated rings. The molecule has 0 aromatic heterocycles. The first kappa shape index (κ1) is 10.7. The van der Waals surface area contributed by atoms with E-state index >= 15 is 0 Å². The lowest BCUT2D eigenvalue weighted by Gasteiger charge is -2.43. The van der Waals surface area contributed by atoms with Gasteiger partial charge in [0.25, 0.3) is 0 Å². The second-order valence-electron chi connectivity index (χ2n) is 5.28. The van der Waals surface area contributed by atoms with Crippen LogP contribution in [0.15, 0.2) is 12.2 Å². The van der Waals surface area contributed by atoms with Crippen molar-refractivity contribution in [3.8, 4) is 0 Å². The standard InChI is InChI=1S/C12H19NO3/c1-8-9-4-5-14-7-13(9)6-10-11(8)16-12(2,3)15-10/h9-11H,1,4-7H2,2-3H3/t9-,10+,11+/m1/s1. The van der Waals surface area contributed by atoms with E-state index in [1.807, 2.05) is 13.8 Å². The van der Waals surface area contributed by atoms with Gasteiger partial charge in [0, 0.05) is 12.6 Å². The molecule has 0 bridgehead atoms. The molecule has 3 atom stereocenters. The van der Waals surface area contributed by atoms with Gasteiger partial charge in [0.2, 0.25) is 0 Å². The van der Waals surface area contributed by atoms with E-state index in [0.717, 1.165) is 25.1 Å². The molecule has 3 saturated heterocycles. The third kappa shape index (κ3) is 1.61. The zero-order valence-electron chi connectivity index (χ0n) is 9.94. The Kier molecular flexibility index (Phi) is 2.37. The molecule has 16 heavy (non-hydrogen) atoms. The summed E-state index contributed by atoms with van der Waals surface area (Å²) in [6.07, 6.45) is 1.20. The molecule has 0 N–H and O–H groups in total. The Morgan fingerprint density at radius 1 is 1.38 bits per heavy atom. The molecular formula is C12H19NO3. The van der Waals surface area contributed by atoms with E-state index in [4.69, 9.17) is 14.2 Å². The highest BCUT2D eigenvalue weighted by atomic mass is 16.8. The van der Waals surface area contributed by atoms with Crippen LogP contribution in [0.25, 0.3) is 0 Å². The summed E-state index contributed by atoms with van der Waals surface area (Å²) >= 11 is 0. The Labute approximate surface area is 96.1 Å². The molecule has 0 aromatic carbocycles. The minimum Gasteiger partial charge on any atom is -0.366 e. The van der Waals surface area contributed by atoms with Crippen molar-refractivity contribution in [1.82, 2.24) is 4.90 Å². The number of fused-ring (bicyclic) bond motifs is 2. The van der Waals surface area contributed by atoms with Crippen LogP contribution in [0.3, 0.4) is 0 Å². The second kappa shape index (κ2) is 3.53. The highest BCUT2D eigenvalue weighted by Gasteiger charge is 2.49. The average molecular weight is 225 g/mol. The van der Waals surface area contributed by atoms with Crippen molar-refractivity contribution >= 4 is 0 Å². The Balaban J connectivity index is 1.82.